The predicted octanol–water partition coefficient (Wildman–Crippen LogP) is 2.69. The molecule has 1 fully saturated rings. The van der Waals surface area contributed by atoms with Crippen LogP contribution >= 0.6 is 0 Å². The maximum absolute atomic E-state index is 12.2. The van der Waals surface area contributed by atoms with Crippen molar-refractivity contribution in [1.29, 1.82) is 0 Å². The molecule has 8 heteroatoms. The number of fused-ring (bicyclic) bond motifs is 1. The molecular weight excluding hydrogens is 400 g/mol. The highest BCUT2D eigenvalue weighted by molar-refractivity contribution is 6.27. The first-order chi connectivity index (χ1) is 14.7. The van der Waals surface area contributed by atoms with E-state index < -0.39 is 11.9 Å². The number of carboxylic acid groups (broad SMARTS) is 2. The van der Waals surface area contributed by atoms with Crippen molar-refractivity contribution in [3.63, 3.8) is 0 Å². The number of amides is 1. The standard InChI is InChI=1S/C21H28N2O2.C2H2O4/c1-16(2)14-21(24)23-12-10-22(11-13-23)15-17-8-9-20(25-3)19-7-5-4-6-18(17)19;3-1(4)2(5)6/h4-9,16H,10-15H2,1-3H3;(H,3,4)(H,5,6). The maximum Gasteiger partial charge on any atom is 0.414 e. The minimum absolute atomic E-state index is 0.296. The van der Waals surface area contributed by atoms with Crippen molar-refractivity contribution in [2.45, 2.75) is 26.8 Å². The highest BCUT2D eigenvalue weighted by Gasteiger charge is 2.22. The zero-order valence-electron chi connectivity index (χ0n) is 18.2. The number of ether oxygens (including phenoxy) is 1. The van der Waals surface area contributed by atoms with Gasteiger partial charge in [-0.05, 0) is 22.9 Å². The molecule has 0 unspecified atom stereocenters. The summed E-state index contributed by atoms with van der Waals surface area (Å²) in [6.07, 6.45) is 0.656. The van der Waals surface area contributed by atoms with Gasteiger partial charge in [0.2, 0.25) is 5.91 Å². The van der Waals surface area contributed by atoms with Gasteiger partial charge >= 0.3 is 11.9 Å². The zero-order valence-corrected chi connectivity index (χ0v) is 18.2. The normalized spacial score (nSPS) is 14.1. The van der Waals surface area contributed by atoms with E-state index in [1.54, 1.807) is 7.11 Å². The lowest BCUT2D eigenvalue weighted by Gasteiger charge is -2.35. The predicted molar refractivity (Wildman–Crippen MR) is 117 cm³/mol. The fourth-order valence-electron chi connectivity index (χ4n) is 3.52. The van der Waals surface area contributed by atoms with Crippen molar-refractivity contribution in [3.05, 3.63) is 42.0 Å². The Bertz CT molecular complexity index is 907. The van der Waals surface area contributed by atoms with E-state index in [1.807, 2.05) is 11.0 Å². The van der Waals surface area contributed by atoms with Crippen LogP contribution in [0, 0.1) is 5.92 Å². The number of nitrogens with zero attached hydrogens (tertiary/aromatic N) is 2. The summed E-state index contributed by atoms with van der Waals surface area (Å²) in [5.41, 5.74) is 1.32. The third kappa shape index (κ3) is 6.96. The Kier molecular flexibility index (Phi) is 8.81. The third-order valence-corrected chi connectivity index (χ3v) is 5.08. The average Bonchev–Trinajstić information content (AvgIpc) is 2.74. The lowest BCUT2D eigenvalue weighted by Crippen LogP contribution is -2.48. The highest BCUT2D eigenvalue weighted by Crippen LogP contribution is 2.29. The Labute approximate surface area is 182 Å². The molecule has 1 amide bonds. The van der Waals surface area contributed by atoms with Crippen LogP contribution < -0.4 is 4.74 Å². The number of piperazine rings is 1. The van der Waals surface area contributed by atoms with Gasteiger partial charge in [-0.1, -0.05) is 44.2 Å². The molecule has 168 valence electrons. The van der Waals surface area contributed by atoms with Crippen molar-refractivity contribution in [2.24, 2.45) is 5.92 Å². The van der Waals surface area contributed by atoms with Crippen molar-refractivity contribution in [1.82, 2.24) is 9.80 Å². The van der Waals surface area contributed by atoms with E-state index in [0.29, 0.717) is 18.2 Å². The van der Waals surface area contributed by atoms with Crippen LogP contribution in [0.1, 0.15) is 25.8 Å². The average molecular weight is 431 g/mol. The molecule has 0 bridgehead atoms. The molecule has 1 aliphatic heterocycles. The molecule has 0 radical (unpaired) electrons. The Balaban J connectivity index is 0.000000501. The zero-order chi connectivity index (χ0) is 23.0. The summed E-state index contributed by atoms with van der Waals surface area (Å²) < 4.78 is 5.49. The molecule has 0 aromatic heterocycles. The summed E-state index contributed by atoms with van der Waals surface area (Å²) in [6, 6.07) is 12.6. The van der Waals surface area contributed by atoms with E-state index >= 15 is 0 Å². The highest BCUT2D eigenvalue weighted by atomic mass is 16.5. The number of hydrogen-bond acceptors (Lipinski definition) is 5. The number of benzene rings is 2. The second-order valence-corrected chi connectivity index (χ2v) is 7.84. The quantitative estimate of drug-likeness (QED) is 0.702. The minimum atomic E-state index is -1.82. The third-order valence-electron chi connectivity index (χ3n) is 5.08. The number of carboxylic acids is 2. The van der Waals surface area contributed by atoms with Crippen molar-refractivity contribution >= 4 is 28.6 Å². The molecule has 3 rings (SSSR count). The van der Waals surface area contributed by atoms with Gasteiger partial charge in [0.1, 0.15) is 5.75 Å². The molecule has 2 N–H and O–H groups in total. The molecule has 31 heavy (non-hydrogen) atoms. The molecule has 0 aliphatic carbocycles. The number of carbonyl (C=O) groups is 3. The number of aliphatic carboxylic acids is 2. The molecule has 1 saturated heterocycles. The maximum atomic E-state index is 12.2. The minimum Gasteiger partial charge on any atom is -0.496 e. The van der Waals surface area contributed by atoms with Crippen LogP contribution in [-0.4, -0.2) is 71.1 Å². The van der Waals surface area contributed by atoms with Crippen LogP contribution in [-0.2, 0) is 20.9 Å². The van der Waals surface area contributed by atoms with Crippen LogP contribution in [0.15, 0.2) is 36.4 Å². The fraction of sp³-hybridized carbons (Fsp3) is 0.435. The number of rotatable bonds is 5. The molecule has 8 nitrogen and oxygen atoms in total. The summed E-state index contributed by atoms with van der Waals surface area (Å²) >= 11 is 0. The van der Waals surface area contributed by atoms with Crippen LogP contribution in [0.2, 0.25) is 0 Å². The van der Waals surface area contributed by atoms with Crippen LogP contribution in [0.3, 0.4) is 0 Å². The Morgan fingerprint density at radius 1 is 0.935 bits per heavy atom. The van der Waals surface area contributed by atoms with Gasteiger partial charge in [-0.25, -0.2) is 9.59 Å². The molecule has 0 atom stereocenters. The van der Waals surface area contributed by atoms with Gasteiger partial charge < -0.3 is 19.8 Å². The van der Waals surface area contributed by atoms with Gasteiger partial charge in [-0.2, -0.15) is 0 Å². The smallest absolute Gasteiger partial charge is 0.414 e. The Morgan fingerprint density at radius 3 is 2.03 bits per heavy atom. The van der Waals surface area contributed by atoms with E-state index in [9.17, 15) is 4.79 Å². The summed E-state index contributed by atoms with van der Waals surface area (Å²) in [6.45, 7) is 8.65. The second kappa shape index (κ2) is 11.3. The van der Waals surface area contributed by atoms with E-state index in [0.717, 1.165) is 43.9 Å². The van der Waals surface area contributed by atoms with Gasteiger partial charge in [0, 0.05) is 44.5 Å². The molecule has 2 aromatic carbocycles. The molecule has 0 saturated carbocycles. The van der Waals surface area contributed by atoms with Crippen molar-refractivity contribution < 1.29 is 29.3 Å². The summed E-state index contributed by atoms with van der Waals surface area (Å²) in [7, 11) is 1.72. The fourth-order valence-corrected chi connectivity index (χ4v) is 3.52. The van der Waals surface area contributed by atoms with Crippen LogP contribution in [0.5, 0.6) is 5.75 Å². The van der Waals surface area contributed by atoms with Crippen LogP contribution in [0.25, 0.3) is 10.8 Å². The number of methoxy groups -OCH3 is 1. The SMILES string of the molecule is COc1ccc(CN2CCN(C(=O)CC(C)C)CC2)c2ccccc12.O=C(O)C(=O)O. The first kappa shape index (κ1) is 24.1. The summed E-state index contributed by atoms with van der Waals surface area (Å²) in [5, 5.41) is 17.2. The first-order valence-corrected chi connectivity index (χ1v) is 10.2. The lowest BCUT2D eigenvalue weighted by atomic mass is 10.0. The Morgan fingerprint density at radius 2 is 1.52 bits per heavy atom. The monoisotopic (exact) mass is 430 g/mol. The molecule has 0 spiro atoms. The number of carbonyl (C=O) groups excluding carboxylic acids is 1. The molecular formula is C23H30N2O6. The van der Waals surface area contributed by atoms with E-state index in [1.165, 1.54) is 10.9 Å². The van der Waals surface area contributed by atoms with Gasteiger partial charge in [0.15, 0.2) is 0 Å². The van der Waals surface area contributed by atoms with E-state index in [4.69, 9.17) is 24.5 Å². The van der Waals surface area contributed by atoms with Gasteiger partial charge in [0.25, 0.3) is 0 Å². The number of hydrogen-bond donors (Lipinski definition) is 2. The van der Waals surface area contributed by atoms with E-state index in [2.05, 4.69) is 49.1 Å². The van der Waals surface area contributed by atoms with Gasteiger partial charge in [-0.15, -0.1) is 0 Å². The van der Waals surface area contributed by atoms with E-state index in [-0.39, 0.29) is 0 Å². The lowest BCUT2D eigenvalue weighted by molar-refractivity contribution is -0.159. The first-order valence-electron chi connectivity index (χ1n) is 10.2. The van der Waals surface area contributed by atoms with Gasteiger partial charge in [0.05, 0.1) is 7.11 Å². The Hall–Kier alpha value is -3.13. The topological polar surface area (TPSA) is 107 Å². The van der Waals surface area contributed by atoms with Crippen molar-refractivity contribution in [3.8, 4) is 5.75 Å². The van der Waals surface area contributed by atoms with Crippen LogP contribution in [0.4, 0.5) is 0 Å². The molecule has 2 aromatic rings. The molecule has 1 aliphatic rings. The summed E-state index contributed by atoms with van der Waals surface area (Å²) in [5.74, 6) is -2.01. The summed E-state index contributed by atoms with van der Waals surface area (Å²) in [4.78, 5) is 34.9. The van der Waals surface area contributed by atoms with Crippen molar-refractivity contribution in [2.75, 3.05) is 33.3 Å². The largest absolute Gasteiger partial charge is 0.496 e. The second-order valence-electron chi connectivity index (χ2n) is 7.84. The molecule has 1 heterocycles. The van der Waals surface area contributed by atoms with Gasteiger partial charge in [-0.3, -0.25) is 9.69 Å².